The number of phenols is 2. The van der Waals surface area contributed by atoms with E-state index in [-0.39, 0.29) is 22.8 Å². The first kappa shape index (κ1) is 20.9. The van der Waals surface area contributed by atoms with Crippen molar-refractivity contribution < 1.29 is 10.2 Å². The lowest BCUT2D eigenvalue weighted by Crippen LogP contribution is -2.18. The van der Waals surface area contributed by atoms with E-state index in [9.17, 15) is 10.2 Å². The lowest BCUT2D eigenvalue weighted by Gasteiger charge is -2.29. The quantitative estimate of drug-likeness (QED) is 0.386. The third-order valence-corrected chi connectivity index (χ3v) is 6.25. The summed E-state index contributed by atoms with van der Waals surface area (Å²) in [6, 6.07) is 3.79. The number of phenolic OH excluding ortho intramolecular Hbond substituents is 2. The number of unbranched alkanes of at least 4 members (excludes halogenated alkanes) is 3. The minimum atomic E-state index is -0.0416. The molecule has 0 radical (unpaired) electrons. The lowest BCUT2D eigenvalue weighted by atomic mass is 9.76. The van der Waals surface area contributed by atoms with Gasteiger partial charge in [-0.15, -0.1) is 0 Å². The van der Waals surface area contributed by atoms with Crippen LogP contribution in [0, 0.1) is 11.8 Å². The highest BCUT2D eigenvalue weighted by molar-refractivity contribution is 5.53. The van der Waals surface area contributed by atoms with Crippen molar-refractivity contribution >= 4 is 0 Å². The van der Waals surface area contributed by atoms with Crippen LogP contribution in [-0.2, 0) is 5.41 Å². The van der Waals surface area contributed by atoms with Crippen LogP contribution in [0.3, 0.4) is 0 Å². The zero-order valence-electron chi connectivity index (χ0n) is 17.6. The molecule has 0 spiro atoms. The van der Waals surface area contributed by atoms with Crippen LogP contribution in [-0.4, -0.2) is 10.2 Å². The zero-order chi connectivity index (χ0) is 19.5. The molecule has 146 valence electrons. The first-order chi connectivity index (χ1) is 12.2. The fourth-order valence-corrected chi connectivity index (χ4v) is 4.44. The van der Waals surface area contributed by atoms with Gasteiger partial charge < -0.3 is 10.2 Å². The third kappa shape index (κ3) is 4.64. The van der Waals surface area contributed by atoms with Gasteiger partial charge in [0.2, 0.25) is 0 Å². The summed E-state index contributed by atoms with van der Waals surface area (Å²) >= 11 is 0. The SMILES string of the molecule is CCCCCCC(C)(C)c1cc(O)c([C@@H]2C=C(C)CC2C(C)C)c(O)c1. The van der Waals surface area contributed by atoms with Gasteiger partial charge in [0.25, 0.3) is 0 Å². The predicted octanol–water partition coefficient (Wildman–Crippen LogP) is 7.05. The molecule has 0 saturated heterocycles. The van der Waals surface area contributed by atoms with Gasteiger partial charge >= 0.3 is 0 Å². The molecule has 2 N–H and O–H groups in total. The molecule has 0 bridgehead atoms. The summed E-state index contributed by atoms with van der Waals surface area (Å²) in [6.45, 7) is 13.3. The van der Waals surface area contributed by atoms with Crippen LogP contribution >= 0.6 is 0 Å². The van der Waals surface area contributed by atoms with Gasteiger partial charge in [-0.2, -0.15) is 0 Å². The number of rotatable bonds is 8. The Morgan fingerprint density at radius 3 is 2.23 bits per heavy atom. The normalized spacial score (nSPS) is 20.7. The zero-order valence-corrected chi connectivity index (χ0v) is 17.6. The Bertz CT molecular complexity index is 617. The Balaban J connectivity index is 2.28. The van der Waals surface area contributed by atoms with Gasteiger partial charge in [-0.05, 0) is 54.7 Å². The predicted molar refractivity (Wildman–Crippen MR) is 111 cm³/mol. The Hall–Kier alpha value is -1.44. The summed E-state index contributed by atoms with van der Waals surface area (Å²) in [7, 11) is 0. The summed E-state index contributed by atoms with van der Waals surface area (Å²) in [5.74, 6) is 1.57. The molecule has 0 fully saturated rings. The lowest BCUT2D eigenvalue weighted by molar-refractivity contribution is 0.349. The van der Waals surface area contributed by atoms with E-state index >= 15 is 0 Å². The molecular weight excluding hydrogens is 320 g/mol. The van der Waals surface area contributed by atoms with Crippen LogP contribution in [0.25, 0.3) is 0 Å². The first-order valence-electron chi connectivity index (χ1n) is 10.4. The molecular formula is C24H38O2. The summed E-state index contributed by atoms with van der Waals surface area (Å²) in [6.07, 6.45) is 9.29. The topological polar surface area (TPSA) is 40.5 Å². The number of benzene rings is 1. The number of aromatic hydroxyl groups is 2. The Kier molecular flexibility index (Phi) is 6.82. The van der Waals surface area contributed by atoms with E-state index in [1.165, 1.54) is 31.3 Å². The van der Waals surface area contributed by atoms with Crippen LogP contribution in [0.15, 0.2) is 23.8 Å². The standard InChI is InChI=1S/C24H38O2/c1-7-8-9-10-11-24(5,6)18-14-21(25)23(22(26)15-18)20-13-17(4)12-19(20)16(2)3/h13-16,19-20,25-26H,7-12H2,1-6H3/t19?,20-/m1/s1. The molecule has 0 aliphatic heterocycles. The third-order valence-electron chi connectivity index (χ3n) is 6.25. The van der Waals surface area contributed by atoms with Gasteiger partial charge in [0.1, 0.15) is 11.5 Å². The van der Waals surface area contributed by atoms with E-state index in [0.29, 0.717) is 17.4 Å². The van der Waals surface area contributed by atoms with E-state index in [1.54, 1.807) is 0 Å². The van der Waals surface area contributed by atoms with Crippen LogP contribution in [0.1, 0.15) is 97.1 Å². The van der Waals surface area contributed by atoms with Crippen molar-refractivity contribution in [3.8, 4) is 11.5 Å². The molecule has 0 saturated carbocycles. The van der Waals surface area contributed by atoms with E-state index < -0.39 is 0 Å². The molecule has 2 rings (SSSR count). The highest BCUT2D eigenvalue weighted by Gasteiger charge is 2.34. The smallest absolute Gasteiger partial charge is 0.123 e. The molecule has 1 unspecified atom stereocenters. The molecule has 0 aromatic heterocycles. The van der Waals surface area contributed by atoms with E-state index in [4.69, 9.17) is 0 Å². The molecule has 26 heavy (non-hydrogen) atoms. The van der Waals surface area contributed by atoms with E-state index in [1.807, 2.05) is 12.1 Å². The van der Waals surface area contributed by atoms with Gasteiger partial charge in [0.05, 0.1) is 0 Å². The minimum absolute atomic E-state index is 0.0416. The maximum atomic E-state index is 10.8. The molecule has 2 heteroatoms. The molecule has 1 aliphatic carbocycles. The van der Waals surface area contributed by atoms with Crippen LogP contribution in [0.5, 0.6) is 11.5 Å². The van der Waals surface area contributed by atoms with Gasteiger partial charge in [-0.25, -0.2) is 0 Å². The average Bonchev–Trinajstić information content (AvgIpc) is 2.92. The number of hydrogen-bond acceptors (Lipinski definition) is 2. The van der Waals surface area contributed by atoms with Gasteiger partial charge in [-0.3, -0.25) is 0 Å². The van der Waals surface area contributed by atoms with Gasteiger partial charge in [0.15, 0.2) is 0 Å². The van der Waals surface area contributed by atoms with Crippen molar-refractivity contribution in [1.29, 1.82) is 0 Å². The maximum Gasteiger partial charge on any atom is 0.123 e. The summed E-state index contributed by atoms with van der Waals surface area (Å²) in [5.41, 5.74) is 3.06. The minimum Gasteiger partial charge on any atom is -0.507 e. The average molecular weight is 359 g/mol. The number of allylic oxidation sites excluding steroid dienone is 2. The van der Waals surface area contributed by atoms with Crippen molar-refractivity contribution in [2.45, 2.75) is 91.4 Å². The highest BCUT2D eigenvalue weighted by atomic mass is 16.3. The molecule has 0 amide bonds. The monoisotopic (exact) mass is 358 g/mol. The van der Waals surface area contributed by atoms with Crippen molar-refractivity contribution in [1.82, 2.24) is 0 Å². The van der Waals surface area contributed by atoms with E-state index in [2.05, 4.69) is 47.6 Å². The van der Waals surface area contributed by atoms with Crippen LogP contribution in [0.4, 0.5) is 0 Å². The highest BCUT2D eigenvalue weighted by Crippen LogP contribution is 2.49. The molecule has 1 aliphatic rings. The molecule has 1 aromatic rings. The molecule has 0 heterocycles. The molecule has 2 atom stereocenters. The van der Waals surface area contributed by atoms with Crippen LogP contribution < -0.4 is 0 Å². The Morgan fingerprint density at radius 2 is 1.69 bits per heavy atom. The van der Waals surface area contributed by atoms with Crippen molar-refractivity contribution in [3.05, 3.63) is 34.9 Å². The first-order valence-corrected chi connectivity index (χ1v) is 10.4. The number of hydrogen-bond donors (Lipinski definition) is 2. The fourth-order valence-electron chi connectivity index (χ4n) is 4.44. The summed E-state index contributed by atoms with van der Waals surface area (Å²) in [4.78, 5) is 0. The summed E-state index contributed by atoms with van der Waals surface area (Å²) in [5, 5.41) is 21.6. The van der Waals surface area contributed by atoms with Gasteiger partial charge in [0, 0.05) is 11.5 Å². The summed E-state index contributed by atoms with van der Waals surface area (Å²) < 4.78 is 0. The van der Waals surface area contributed by atoms with Crippen molar-refractivity contribution in [3.63, 3.8) is 0 Å². The van der Waals surface area contributed by atoms with Gasteiger partial charge in [-0.1, -0.05) is 72.0 Å². The van der Waals surface area contributed by atoms with Crippen molar-refractivity contribution in [2.24, 2.45) is 11.8 Å². The fraction of sp³-hybridized carbons (Fsp3) is 0.667. The van der Waals surface area contributed by atoms with Crippen LogP contribution in [0.2, 0.25) is 0 Å². The maximum absolute atomic E-state index is 10.8. The van der Waals surface area contributed by atoms with Crippen molar-refractivity contribution in [2.75, 3.05) is 0 Å². The van der Waals surface area contributed by atoms with E-state index in [0.717, 1.165) is 18.4 Å². The second-order valence-corrected chi connectivity index (χ2v) is 9.27. The Labute approximate surface area is 160 Å². The molecule has 1 aromatic carbocycles. The second-order valence-electron chi connectivity index (χ2n) is 9.27. The Morgan fingerprint density at radius 1 is 1.08 bits per heavy atom. The largest absolute Gasteiger partial charge is 0.507 e. The second kappa shape index (κ2) is 8.50. The molecule has 2 nitrogen and oxygen atoms in total.